The van der Waals surface area contributed by atoms with Crippen molar-refractivity contribution in [2.75, 3.05) is 13.2 Å². The summed E-state index contributed by atoms with van der Waals surface area (Å²) in [5, 5.41) is 21.7. The van der Waals surface area contributed by atoms with E-state index in [0.29, 0.717) is 5.75 Å². The molecule has 0 saturated carbocycles. The molecule has 5 heteroatoms. The Balaban J connectivity index is 2.44. The summed E-state index contributed by atoms with van der Waals surface area (Å²) in [6, 6.07) is 0.287. The Bertz CT molecular complexity index is 273. The highest BCUT2D eigenvalue weighted by atomic mass is 16.5. The molecule has 0 fully saturated rings. The number of nitrogens with zero attached hydrogens (tertiary/aromatic N) is 2. The second kappa shape index (κ2) is 4.97. The molecule has 0 aromatic carbocycles. The zero-order valence-corrected chi connectivity index (χ0v) is 8.42. The molecule has 80 valence electrons. The van der Waals surface area contributed by atoms with Crippen LogP contribution in [0.1, 0.15) is 19.9 Å². The van der Waals surface area contributed by atoms with Gasteiger partial charge in [0.25, 0.3) is 0 Å². The van der Waals surface area contributed by atoms with Crippen LogP contribution in [0.25, 0.3) is 0 Å². The van der Waals surface area contributed by atoms with E-state index in [1.165, 1.54) is 0 Å². The van der Waals surface area contributed by atoms with E-state index in [1.54, 1.807) is 17.1 Å². The summed E-state index contributed by atoms with van der Waals surface area (Å²) in [5.41, 5.74) is 0. The third-order valence-electron chi connectivity index (χ3n) is 1.76. The Morgan fingerprint density at radius 2 is 2.29 bits per heavy atom. The molecule has 1 heterocycles. The lowest BCUT2D eigenvalue weighted by Gasteiger charge is -2.07. The summed E-state index contributed by atoms with van der Waals surface area (Å²) < 4.78 is 6.96. The molecule has 0 bridgehead atoms. The van der Waals surface area contributed by atoms with Crippen molar-refractivity contribution in [1.82, 2.24) is 9.78 Å². The highest BCUT2D eigenvalue weighted by Gasteiger charge is 2.05. The average Bonchev–Trinajstić information content (AvgIpc) is 2.62. The number of aliphatic hydroxyl groups is 2. The molecular weight excluding hydrogens is 184 g/mol. The van der Waals surface area contributed by atoms with E-state index in [1.807, 2.05) is 13.8 Å². The minimum absolute atomic E-state index is 0.0836. The smallest absolute Gasteiger partial charge is 0.157 e. The molecule has 1 aromatic rings. The third kappa shape index (κ3) is 3.01. The Morgan fingerprint density at radius 1 is 1.57 bits per heavy atom. The predicted molar refractivity (Wildman–Crippen MR) is 51.2 cm³/mol. The Morgan fingerprint density at radius 3 is 2.79 bits per heavy atom. The number of aliphatic hydroxyl groups excluding tert-OH is 2. The first kappa shape index (κ1) is 11.0. The van der Waals surface area contributed by atoms with Crippen molar-refractivity contribution in [3.05, 3.63) is 12.4 Å². The molecule has 0 aliphatic carbocycles. The maximum Gasteiger partial charge on any atom is 0.157 e. The molecule has 1 atom stereocenters. The lowest BCUT2D eigenvalue weighted by molar-refractivity contribution is 0.0535. The van der Waals surface area contributed by atoms with Crippen LogP contribution in [0.4, 0.5) is 0 Å². The monoisotopic (exact) mass is 200 g/mol. The molecule has 0 radical (unpaired) electrons. The third-order valence-corrected chi connectivity index (χ3v) is 1.76. The van der Waals surface area contributed by atoms with Gasteiger partial charge in [0.1, 0.15) is 12.7 Å². The lowest BCUT2D eigenvalue weighted by atomic mass is 10.4. The van der Waals surface area contributed by atoms with E-state index < -0.39 is 6.10 Å². The summed E-state index contributed by atoms with van der Waals surface area (Å²) in [6.07, 6.45) is 2.51. The van der Waals surface area contributed by atoms with Crippen LogP contribution in [0, 0.1) is 0 Å². The summed E-state index contributed by atoms with van der Waals surface area (Å²) in [4.78, 5) is 0. The molecule has 0 saturated heterocycles. The van der Waals surface area contributed by atoms with E-state index in [4.69, 9.17) is 14.9 Å². The quantitative estimate of drug-likeness (QED) is 0.712. The Kier molecular flexibility index (Phi) is 3.91. The van der Waals surface area contributed by atoms with Crippen LogP contribution in [0.15, 0.2) is 12.4 Å². The SMILES string of the molecule is CC(C)n1cc(OCC(O)CO)cn1. The molecule has 0 aliphatic rings. The van der Waals surface area contributed by atoms with Crippen LogP contribution in [-0.2, 0) is 0 Å². The number of ether oxygens (including phenoxy) is 1. The Hall–Kier alpha value is -1.07. The van der Waals surface area contributed by atoms with Gasteiger partial charge in [-0.1, -0.05) is 0 Å². The summed E-state index contributed by atoms with van der Waals surface area (Å²) in [6.45, 7) is 3.82. The summed E-state index contributed by atoms with van der Waals surface area (Å²) >= 11 is 0. The molecule has 2 N–H and O–H groups in total. The first-order valence-corrected chi connectivity index (χ1v) is 4.59. The van der Waals surface area contributed by atoms with Crippen molar-refractivity contribution >= 4 is 0 Å². The zero-order valence-electron chi connectivity index (χ0n) is 8.42. The van der Waals surface area contributed by atoms with Crippen molar-refractivity contribution in [3.63, 3.8) is 0 Å². The highest BCUT2D eigenvalue weighted by Crippen LogP contribution is 2.12. The van der Waals surface area contributed by atoms with E-state index >= 15 is 0 Å². The van der Waals surface area contributed by atoms with E-state index in [2.05, 4.69) is 5.10 Å². The fraction of sp³-hybridized carbons (Fsp3) is 0.667. The van der Waals surface area contributed by atoms with Gasteiger partial charge in [-0.3, -0.25) is 4.68 Å². The fourth-order valence-corrected chi connectivity index (χ4v) is 0.923. The maximum absolute atomic E-state index is 9.03. The van der Waals surface area contributed by atoms with E-state index in [-0.39, 0.29) is 19.3 Å². The molecule has 1 aromatic heterocycles. The highest BCUT2D eigenvalue weighted by molar-refractivity contribution is 5.12. The van der Waals surface area contributed by atoms with Crippen LogP contribution in [-0.4, -0.2) is 39.3 Å². The van der Waals surface area contributed by atoms with E-state index in [9.17, 15) is 0 Å². The Labute approximate surface area is 82.9 Å². The van der Waals surface area contributed by atoms with Crippen LogP contribution < -0.4 is 4.74 Å². The summed E-state index contributed by atoms with van der Waals surface area (Å²) in [7, 11) is 0. The van der Waals surface area contributed by atoms with Gasteiger partial charge in [0.05, 0.1) is 19.0 Å². The standard InChI is InChI=1S/C9H16N2O3/c1-7(2)11-4-9(3-10-11)14-6-8(13)5-12/h3-4,7-8,12-13H,5-6H2,1-2H3. The lowest BCUT2D eigenvalue weighted by Crippen LogP contribution is -2.21. The number of rotatable bonds is 5. The minimum atomic E-state index is -0.836. The minimum Gasteiger partial charge on any atom is -0.488 e. The van der Waals surface area contributed by atoms with Gasteiger partial charge in [-0.2, -0.15) is 5.10 Å². The zero-order chi connectivity index (χ0) is 10.6. The van der Waals surface area contributed by atoms with Gasteiger partial charge in [-0.25, -0.2) is 0 Å². The van der Waals surface area contributed by atoms with Crippen LogP contribution in [0.2, 0.25) is 0 Å². The van der Waals surface area contributed by atoms with Crippen LogP contribution in [0.3, 0.4) is 0 Å². The van der Waals surface area contributed by atoms with Gasteiger partial charge in [-0.15, -0.1) is 0 Å². The van der Waals surface area contributed by atoms with Gasteiger partial charge < -0.3 is 14.9 Å². The second-order valence-corrected chi connectivity index (χ2v) is 3.40. The molecule has 5 nitrogen and oxygen atoms in total. The van der Waals surface area contributed by atoms with Crippen molar-refractivity contribution < 1.29 is 14.9 Å². The van der Waals surface area contributed by atoms with Crippen molar-refractivity contribution in [2.45, 2.75) is 26.0 Å². The topological polar surface area (TPSA) is 67.5 Å². The molecule has 14 heavy (non-hydrogen) atoms. The van der Waals surface area contributed by atoms with Gasteiger partial charge in [0.2, 0.25) is 0 Å². The molecule has 1 unspecified atom stereocenters. The second-order valence-electron chi connectivity index (χ2n) is 3.40. The predicted octanol–water partition coefficient (Wildman–Crippen LogP) is 0.196. The first-order chi connectivity index (χ1) is 6.63. The van der Waals surface area contributed by atoms with Gasteiger partial charge >= 0.3 is 0 Å². The largest absolute Gasteiger partial charge is 0.488 e. The van der Waals surface area contributed by atoms with Crippen LogP contribution >= 0.6 is 0 Å². The molecular formula is C9H16N2O3. The number of aromatic nitrogens is 2. The molecule has 0 aliphatic heterocycles. The fourth-order valence-electron chi connectivity index (χ4n) is 0.923. The maximum atomic E-state index is 9.03. The van der Waals surface area contributed by atoms with Crippen molar-refractivity contribution in [2.24, 2.45) is 0 Å². The summed E-state index contributed by atoms with van der Waals surface area (Å²) in [5.74, 6) is 0.603. The van der Waals surface area contributed by atoms with Crippen molar-refractivity contribution in [3.8, 4) is 5.75 Å². The normalized spacial score (nSPS) is 13.2. The molecule has 0 amide bonds. The molecule has 0 spiro atoms. The van der Waals surface area contributed by atoms with E-state index in [0.717, 1.165) is 0 Å². The van der Waals surface area contributed by atoms with Gasteiger partial charge in [0.15, 0.2) is 5.75 Å². The van der Waals surface area contributed by atoms with Gasteiger partial charge in [0, 0.05) is 6.04 Å². The van der Waals surface area contributed by atoms with Gasteiger partial charge in [-0.05, 0) is 13.8 Å². The first-order valence-electron chi connectivity index (χ1n) is 4.59. The molecule has 1 rings (SSSR count). The average molecular weight is 200 g/mol. The number of hydrogen-bond acceptors (Lipinski definition) is 4. The van der Waals surface area contributed by atoms with Crippen LogP contribution in [0.5, 0.6) is 5.75 Å². The number of hydrogen-bond donors (Lipinski definition) is 2. The van der Waals surface area contributed by atoms with Crippen molar-refractivity contribution in [1.29, 1.82) is 0 Å².